The number of hydrogen-bond acceptors (Lipinski definition) is 4. The average molecular weight is 377 g/mol. The largest absolute Gasteiger partial charge is 0.492 e. The number of para-hydroxylation sites is 1. The highest BCUT2D eigenvalue weighted by molar-refractivity contribution is 6.32. The van der Waals surface area contributed by atoms with Crippen LogP contribution in [0.4, 0.5) is 0 Å². The van der Waals surface area contributed by atoms with E-state index >= 15 is 0 Å². The van der Waals surface area contributed by atoms with E-state index in [0.717, 1.165) is 5.56 Å². The number of aromatic amines is 1. The molecular formula is C19H21ClN2O4. The maximum atomic E-state index is 12.8. The molecule has 0 spiro atoms. The second-order valence-electron chi connectivity index (χ2n) is 6.17. The lowest BCUT2D eigenvalue weighted by molar-refractivity contribution is 0.0525. The first kappa shape index (κ1) is 18.3. The highest BCUT2D eigenvalue weighted by atomic mass is 35.5. The number of fused-ring (bicyclic) bond motifs is 1. The first-order valence-corrected chi connectivity index (χ1v) is 8.90. The van der Waals surface area contributed by atoms with E-state index in [4.69, 9.17) is 21.1 Å². The van der Waals surface area contributed by atoms with Crippen LogP contribution in [-0.4, -0.2) is 30.1 Å². The number of H-pyrrole nitrogens is 1. The van der Waals surface area contributed by atoms with Crippen molar-refractivity contribution < 1.29 is 19.1 Å². The van der Waals surface area contributed by atoms with E-state index in [2.05, 4.69) is 10.3 Å². The summed E-state index contributed by atoms with van der Waals surface area (Å²) in [6.07, 6.45) is 0.641. The predicted molar refractivity (Wildman–Crippen MR) is 98.0 cm³/mol. The Kier molecular flexibility index (Phi) is 5.23. The van der Waals surface area contributed by atoms with Crippen LogP contribution in [0.1, 0.15) is 57.1 Å². The number of benzene rings is 1. The SMILES string of the molecule is CCOC(=O)c1c(C)[nH]c(C(=O)NC2CCOc3c(Cl)cccc32)c1C. The maximum absolute atomic E-state index is 12.8. The maximum Gasteiger partial charge on any atom is 0.340 e. The molecule has 0 bridgehead atoms. The van der Waals surface area contributed by atoms with E-state index in [1.807, 2.05) is 12.1 Å². The first-order chi connectivity index (χ1) is 12.4. The van der Waals surface area contributed by atoms with E-state index in [1.54, 1.807) is 26.8 Å². The molecule has 2 heterocycles. The van der Waals surface area contributed by atoms with Gasteiger partial charge in [0.25, 0.3) is 5.91 Å². The smallest absolute Gasteiger partial charge is 0.340 e. The Hall–Kier alpha value is -2.47. The van der Waals surface area contributed by atoms with Gasteiger partial charge in [0.15, 0.2) is 0 Å². The van der Waals surface area contributed by atoms with Gasteiger partial charge in [0.2, 0.25) is 0 Å². The van der Waals surface area contributed by atoms with Crippen molar-refractivity contribution in [2.75, 3.05) is 13.2 Å². The van der Waals surface area contributed by atoms with Crippen LogP contribution >= 0.6 is 11.6 Å². The second kappa shape index (κ2) is 7.41. The van der Waals surface area contributed by atoms with Gasteiger partial charge in [-0.1, -0.05) is 23.7 Å². The molecule has 1 aliphatic heterocycles. The van der Waals surface area contributed by atoms with Gasteiger partial charge >= 0.3 is 5.97 Å². The molecule has 1 unspecified atom stereocenters. The Labute approximate surface area is 156 Å². The molecule has 0 fully saturated rings. The number of halogens is 1. The normalized spacial score (nSPS) is 15.8. The summed E-state index contributed by atoms with van der Waals surface area (Å²) in [5.74, 6) is -0.0997. The summed E-state index contributed by atoms with van der Waals surface area (Å²) >= 11 is 6.18. The van der Waals surface area contributed by atoms with E-state index in [9.17, 15) is 9.59 Å². The minimum Gasteiger partial charge on any atom is -0.492 e. The number of carbonyl (C=O) groups excluding carboxylic acids is 2. The van der Waals surface area contributed by atoms with Crippen molar-refractivity contribution in [2.24, 2.45) is 0 Å². The zero-order valence-electron chi connectivity index (χ0n) is 14.9. The topological polar surface area (TPSA) is 80.4 Å². The first-order valence-electron chi connectivity index (χ1n) is 8.52. The van der Waals surface area contributed by atoms with Crippen LogP contribution in [0.25, 0.3) is 0 Å². The summed E-state index contributed by atoms with van der Waals surface area (Å²) in [4.78, 5) is 27.9. The molecule has 3 rings (SSSR count). The fourth-order valence-electron chi connectivity index (χ4n) is 3.25. The van der Waals surface area contributed by atoms with Crippen LogP contribution in [0.5, 0.6) is 5.75 Å². The van der Waals surface area contributed by atoms with Gasteiger partial charge in [-0.25, -0.2) is 4.79 Å². The Balaban J connectivity index is 1.85. The standard InChI is InChI=1S/C19H21ClN2O4/c1-4-25-19(24)15-10(2)16(21-11(15)3)18(23)22-14-8-9-26-17-12(14)6-5-7-13(17)20/h5-7,14,21H,4,8-9H2,1-3H3,(H,22,23). The summed E-state index contributed by atoms with van der Waals surface area (Å²) in [5.41, 5.74) is 2.81. The van der Waals surface area contributed by atoms with E-state index < -0.39 is 5.97 Å². The number of rotatable bonds is 4. The number of amides is 1. The number of aromatic nitrogens is 1. The fraction of sp³-hybridized carbons (Fsp3) is 0.368. The van der Waals surface area contributed by atoms with Crippen molar-refractivity contribution in [3.05, 3.63) is 51.3 Å². The Morgan fingerprint density at radius 1 is 1.38 bits per heavy atom. The van der Waals surface area contributed by atoms with Crippen LogP contribution in [0.2, 0.25) is 5.02 Å². The number of ether oxygens (including phenoxy) is 2. The number of esters is 1. The number of hydrogen-bond donors (Lipinski definition) is 2. The van der Waals surface area contributed by atoms with Crippen molar-refractivity contribution in [2.45, 2.75) is 33.2 Å². The van der Waals surface area contributed by atoms with E-state index in [1.165, 1.54) is 0 Å². The number of aryl methyl sites for hydroxylation is 1. The molecule has 0 saturated carbocycles. The van der Waals surface area contributed by atoms with Crippen LogP contribution in [-0.2, 0) is 4.74 Å². The third-order valence-electron chi connectivity index (χ3n) is 4.48. The predicted octanol–water partition coefficient (Wildman–Crippen LogP) is 3.72. The molecule has 1 amide bonds. The molecule has 7 heteroatoms. The zero-order chi connectivity index (χ0) is 18.8. The summed E-state index contributed by atoms with van der Waals surface area (Å²) in [6.45, 7) is 5.98. The zero-order valence-corrected chi connectivity index (χ0v) is 15.7. The lowest BCUT2D eigenvalue weighted by Crippen LogP contribution is -2.32. The van der Waals surface area contributed by atoms with Gasteiger partial charge in [-0.3, -0.25) is 4.79 Å². The molecule has 6 nitrogen and oxygen atoms in total. The van der Waals surface area contributed by atoms with Gasteiger partial charge in [0.05, 0.1) is 29.8 Å². The van der Waals surface area contributed by atoms with Crippen molar-refractivity contribution in [3.63, 3.8) is 0 Å². The van der Waals surface area contributed by atoms with Crippen LogP contribution in [0, 0.1) is 13.8 Å². The van der Waals surface area contributed by atoms with Crippen LogP contribution < -0.4 is 10.1 Å². The van der Waals surface area contributed by atoms with Gasteiger partial charge in [0.1, 0.15) is 11.4 Å². The van der Waals surface area contributed by atoms with E-state index in [0.29, 0.717) is 46.3 Å². The molecule has 2 N–H and O–H groups in total. The molecule has 1 atom stereocenters. The lowest BCUT2D eigenvalue weighted by Gasteiger charge is -2.27. The molecule has 0 radical (unpaired) electrons. The average Bonchev–Trinajstić information content (AvgIpc) is 2.90. The monoisotopic (exact) mass is 376 g/mol. The number of nitrogens with one attached hydrogen (secondary N) is 2. The van der Waals surface area contributed by atoms with Gasteiger partial charge in [0, 0.05) is 17.7 Å². The second-order valence-corrected chi connectivity index (χ2v) is 6.57. The van der Waals surface area contributed by atoms with Crippen molar-refractivity contribution in [3.8, 4) is 5.75 Å². The number of carbonyl (C=O) groups is 2. The molecule has 0 saturated heterocycles. The molecule has 26 heavy (non-hydrogen) atoms. The van der Waals surface area contributed by atoms with Gasteiger partial charge in [-0.15, -0.1) is 0 Å². The molecule has 1 aliphatic rings. The molecule has 2 aromatic rings. The Morgan fingerprint density at radius 3 is 2.88 bits per heavy atom. The molecule has 1 aromatic carbocycles. The summed E-state index contributed by atoms with van der Waals surface area (Å²) in [5, 5.41) is 3.54. The fourth-order valence-corrected chi connectivity index (χ4v) is 3.49. The van der Waals surface area contributed by atoms with Crippen LogP contribution in [0.15, 0.2) is 18.2 Å². The summed E-state index contributed by atoms with van der Waals surface area (Å²) < 4.78 is 10.7. The Bertz CT molecular complexity index is 859. The van der Waals surface area contributed by atoms with Crippen molar-refractivity contribution in [1.29, 1.82) is 0 Å². The highest BCUT2D eigenvalue weighted by Gasteiger charge is 2.28. The van der Waals surface area contributed by atoms with Gasteiger partial charge in [-0.2, -0.15) is 0 Å². The van der Waals surface area contributed by atoms with Crippen molar-refractivity contribution >= 4 is 23.5 Å². The third kappa shape index (κ3) is 3.29. The minimum absolute atomic E-state index is 0.209. The highest BCUT2D eigenvalue weighted by Crippen LogP contribution is 2.37. The summed E-state index contributed by atoms with van der Waals surface area (Å²) in [6, 6.07) is 5.27. The summed E-state index contributed by atoms with van der Waals surface area (Å²) in [7, 11) is 0. The van der Waals surface area contributed by atoms with Crippen LogP contribution in [0.3, 0.4) is 0 Å². The molecule has 0 aliphatic carbocycles. The lowest BCUT2D eigenvalue weighted by atomic mass is 10.00. The molecular weight excluding hydrogens is 356 g/mol. The van der Waals surface area contributed by atoms with Gasteiger partial charge < -0.3 is 19.8 Å². The molecule has 1 aromatic heterocycles. The van der Waals surface area contributed by atoms with Crippen molar-refractivity contribution in [1.82, 2.24) is 10.3 Å². The Morgan fingerprint density at radius 2 is 2.15 bits per heavy atom. The molecule has 138 valence electrons. The van der Waals surface area contributed by atoms with Gasteiger partial charge in [-0.05, 0) is 32.4 Å². The quantitative estimate of drug-likeness (QED) is 0.797. The third-order valence-corrected chi connectivity index (χ3v) is 4.77. The van der Waals surface area contributed by atoms with E-state index in [-0.39, 0.29) is 18.6 Å². The minimum atomic E-state index is -0.430.